The second kappa shape index (κ2) is 8.94. The first-order chi connectivity index (χ1) is 12.8. The quantitative estimate of drug-likeness (QED) is 0.650. The third-order valence-corrected chi connectivity index (χ3v) is 3.82. The predicted molar refractivity (Wildman–Crippen MR) is 104 cm³/mol. The number of rotatable bonds is 5. The summed E-state index contributed by atoms with van der Waals surface area (Å²) in [5, 5.41) is 2.20. The number of nitrogens with one attached hydrogen (secondary N) is 1. The van der Waals surface area contributed by atoms with Crippen molar-refractivity contribution in [3.63, 3.8) is 0 Å². The minimum Gasteiger partial charge on any atom is -0.452 e. The molecule has 1 N–H and O–H groups in total. The van der Waals surface area contributed by atoms with Crippen molar-refractivity contribution >= 4 is 23.9 Å². The van der Waals surface area contributed by atoms with Crippen LogP contribution in [-0.2, 0) is 19.7 Å². The van der Waals surface area contributed by atoms with Gasteiger partial charge in [0, 0.05) is 11.6 Å². The second-order valence-electron chi connectivity index (χ2n) is 7.06. The van der Waals surface area contributed by atoms with Gasteiger partial charge in [-0.2, -0.15) is 0 Å². The standard InChI is InChI=1S/C22H23NO4/c1-22(2,3)18-12-10-17(11-13-18)21(26)23-19(24)15-27-20(25)14-9-16-7-5-4-6-8-16/h4-14H,15H2,1-3H3,(H,23,24,26)/b14-9+. The molecule has 0 aliphatic carbocycles. The number of hydrogen-bond donors (Lipinski definition) is 1. The highest BCUT2D eigenvalue weighted by Gasteiger charge is 2.15. The Bertz CT molecular complexity index is 831. The van der Waals surface area contributed by atoms with Gasteiger partial charge in [0.1, 0.15) is 0 Å². The Balaban J connectivity index is 1.82. The first kappa shape index (κ1) is 20.1. The van der Waals surface area contributed by atoms with Gasteiger partial charge in [-0.1, -0.05) is 63.2 Å². The van der Waals surface area contributed by atoms with E-state index in [0.717, 1.165) is 11.1 Å². The van der Waals surface area contributed by atoms with E-state index in [4.69, 9.17) is 4.74 Å². The van der Waals surface area contributed by atoms with E-state index in [0.29, 0.717) is 5.56 Å². The fraction of sp³-hybridized carbons (Fsp3) is 0.227. The van der Waals surface area contributed by atoms with Crippen LogP contribution in [0.1, 0.15) is 42.3 Å². The summed E-state index contributed by atoms with van der Waals surface area (Å²) in [6.45, 7) is 5.70. The van der Waals surface area contributed by atoms with Crippen molar-refractivity contribution in [2.45, 2.75) is 26.2 Å². The first-order valence-corrected chi connectivity index (χ1v) is 8.60. The number of esters is 1. The molecule has 2 aromatic rings. The maximum Gasteiger partial charge on any atom is 0.331 e. The summed E-state index contributed by atoms with van der Waals surface area (Å²) in [4.78, 5) is 35.5. The number of benzene rings is 2. The van der Waals surface area contributed by atoms with Crippen LogP contribution < -0.4 is 5.32 Å². The summed E-state index contributed by atoms with van der Waals surface area (Å²) in [5.41, 5.74) is 2.27. The highest BCUT2D eigenvalue weighted by molar-refractivity contribution is 6.05. The Morgan fingerprint density at radius 3 is 2.19 bits per heavy atom. The van der Waals surface area contributed by atoms with Crippen molar-refractivity contribution in [1.29, 1.82) is 0 Å². The number of carbonyl (C=O) groups excluding carboxylic acids is 3. The van der Waals surface area contributed by atoms with E-state index < -0.39 is 24.4 Å². The molecule has 2 rings (SSSR count). The molecule has 0 unspecified atom stereocenters. The lowest BCUT2D eigenvalue weighted by Gasteiger charge is -2.18. The van der Waals surface area contributed by atoms with E-state index in [2.05, 4.69) is 26.1 Å². The van der Waals surface area contributed by atoms with Crippen LogP contribution in [0.2, 0.25) is 0 Å². The molecule has 0 bridgehead atoms. The molecule has 140 valence electrons. The van der Waals surface area contributed by atoms with Gasteiger partial charge in [0.15, 0.2) is 6.61 Å². The molecule has 0 saturated carbocycles. The lowest BCUT2D eigenvalue weighted by molar-refractivity contribution is -0.143. The van der Waals surface area contributed by atoms with Gasteiger partial charge in [-0.05, 0) is 34.8 Å². The molecule has 0 fully saturated rings. The number of amides is 2. The van der Waals surface area contributed by atoms with Crippen molar-refractivity contribution in [3.05, 3.63) is 77.4 Å². The molecule has 5 heteroatoms. The molecule has 27 heavy (non-hydrogen) atoms. The first-order valence-electron chi connectivity index (χ1n) is 8.60. The Hall–Kier alpha value is -3.21. The van der Waals surface area contributed by atoms with E-state index in [1.165, 1.54) is 6.08 Å². The topological polar surface area (TPSA) is 72.5 Å². The Morgan fingerprint density at radius 1 is 0.963 bits per heavy atom. The van der Waals surface area contributed by atoms with E-state index in [9.17, 15) is 14.4 Å². The highest BCUT2D eigenvalue weighted by Crippen LogP contribution is 2.22. The third kappa shape index (κ3) is 6.55. The van der Waals surface area contributed by atoms with Gasteiger partial charge in [-0.15, -0.1) is 0 Å². The molecule has 2 aromatic carbocycles. The van der Waals surface area contributed by atoms with Crippen LogP contribution in [-0.4, -0.2) is 24.4 Å². The molecule has 5 nitrogen and oxygen atoms in total. The van der Waals surface area contributed by atoms with Crippen molar-refractivity contribution in [2.75, 3.05) is 6.61 Å². The summed E-state index contributed by atoms with van der Waals surface area (Å²) in [6, 6.07) is 16.3. The fourth-order valence-electron chi connectivity index (χ4n) is 2.27. The average molecular weight is 365 g/mol. The molecule has 0 atom stereocenters. The Labute approximate surface area is 159 Å². The number of hydrogen-bond acceptors (Lipinski definition) is 4. The molecule has 0 saturated heterocycles. The Morgan fingerprint density at radius 2 is 1.59 bits per heavy atom. The molecule has 0 aliphatic rings. The normalized spacial score (nSPS) is 11.2. The van der Waals surface area contributed by atoms with Crippen LogP contribution >= 0.6 is 0 Å². The summed E-state index contributed by atoms with van der Waals surface area (Å²) >= 11 is 0. The summed E-state index contributed by atoms with van der Waals surface area (Å²) < 4.78 is 4.84. The van der Waals surface area contributed by atoms with Crippen LogP contribution in [0.5, 0.6) is 0 Å². The van der Waals surface area contributed by atoms with E-state index >= 15 is 0 Å². The van der Waals surface area contributed by atoms with Crippen molar-refractivity contribution < 1.29 is 19.1 Å². The van der Waals surface area contributed by atoms with Gasteiger partial charge < -0.3 is 4.74 Å². The van der Waals surface area contributed by atoms with Crippen molar-refractivity contribution in [3.8, 4) is 0 Å². The minimum atomic E-state index is -0.679. The molecule has 0 heterocycles. The largest absolute Gasteiger partial charge is 0.452 e. The Kier molecular flexibility index (Phi) is 6.66. The fourth-order valence-corrected chi connectivity index (χ4v) is 2.27. The van der Waals surface area contributed by atoms with E-state index in [1.807, 2.05) is 42.5 Å². The van der Waals surface area contributed by atoms with E-state index in [1.54, 1.807) is 18.2 Å². The smallest absolute Gasteiger partial charge is 0.331 e. The molecular weight excluding hydrogens is 342 g/mol. The second-order valence-corrected chi connectivity index (χ2v) is 7.06. The van der Waals surface area contributed by atoms with Gasteiger partial charge in [-0.3, -0.25) is 14.9 Å². The van der Waals surface area contributed by atoms with Crippen LogP contribution in [0.3, 0.4) is 0 Å². The van der Waals surface area contributed by atoms with Gasteiger partial charge in [0.25, 0.3) is 11.8 Å². The summed E-state index contributed by atoms with van der Waals surface area (Å²) in [5.74, 6) is -1.87. The van der Waals surface area contributed by atoms with Crippen LogP contribution in [0.15, 0.2) is 60.7 Å². The maximum absolute atomic E-state index is 12.1. The predicted octanol–water partition coefficient (Wildman–Crippen LogP) is 3.50. The highest BCUT2D eigenvalue weighted by atomic mass is 16.5. The van der Waals surface area contributed by atoms with Gasteiger partial charge in [0.2, 0.25) is 0 Å². The summed E-state index contributed by atoms with van der Waals surface area (Å²) in [6.07, 6.45) is 2.82. The monoisotopic (exact) mass is 365 g/mol. The maximum atomic E-state index is 12.1. The number of imide groups is 1. The average Bonchev–Trinajstić information content (AvgIpc) is 2.65. The SMILES string of the molecule is CC(C)(C)c1ccc(C(=O)NC(=O)COC(=O)/C=C/c2ccccc2)cc1. The number of carbonyl (C=O) groups is 3. The third-order valence-electron chi connectivity index (χ3n) is 3.82. The lowest BCUT2D eigenvalue weighted by atomic mass is 9.87. The van der Waals surface area contributed by atoms with Gasteiger partial charge >= 0.3 is 5.97 Å². The zero-order valence-corrected chi connectivity index (χ0v) is 15.7. The summed E-state index contributed by atoms with van der Waals surface area (Å²) in [7, 11) is 0. The molecule has 0 spiro atoms. The molecule has 0 aromatic heterocycles. The van der Waals surface area contributed by atoms with Crippen LogP contribution in [0.25, 0.3) is 6.08 Å². The van der Waals surface area contributed by atoms with Crippen LogP contribution in [0, 0.1) is 0 Å². The zero-order chi connectivity index (χ0) is 19.9. The number of ether oxygens (including phenoxy) is 1. The van der Waals surface area contributed by atoms with Crippen LogP contribution in [0.4, 0.5) is 0 Å². The van der Waals surface area contributed by atoms with Crippen molar-refractivity contribution in [1.82, 2.24) is 5.32 Å². The van der Waals surface area contributed by atoms with E-state index in [-0.39, 0.29) is 5.41 Å². The minimum absolute atomic E-state index is 0.0215. The van der Waals surface area contributed by atoms with Gasteiger partial charge in [0.05, 0.1) is 0 Å². The van der Waals surface area contributed by atoms with Gasteiger partial charge in [-0.25, -0.2) is 4.79 Å². The molecular formula is C22H23NO4. The lowest BCUT2D eigenvalue weighted by Crippen LogP contribution is -2.34. The van der Waals surface area contributed by atoms with Crippen molar-refractivity contribution in [2.24, 2.45) is 0 Å². The molecule has 2 amide bonds. The molecule has 0 aliphatic heterocycles. The molecule has 0 radical (unpaired) electrons. The zero-order valence-electron chi connectivity index (χ0n) is 15.7.